The zero-order valence-corrected chi connectivity index (χ0v) is 10.2. The van der Waals surface area contributed by atoms with Gasteiger partial charge in [-0.1, -0.05) is 0 Å². The van der Waals surface area contributed by atoms with Crippen LogP contribution in [0, 0.1) is 23.5 Å². The molecule has 1 fully saturated rings. The van der Waals surface area contributed by atoms with Gasteiger partial charge in [-0.2, -0.15) is 22.5 Å². The fraction of sp³-hybridized carbons (Fsp3) is 0.583. The van der Waals surface area contributed by atoms with E-state index < -0.39 is 29.2 Å². The number of pyridine rings is 1. The number of nitrogens with zero attached hydrogens (tertiary/aromatic N) is 2. The Morgan fingerprint density at radius 2 is 1.79 bits per heavy atom. The van der Waals surface area contributed by atoms with Crippen LogP contribution < -0.4 is 4.90 Å². The molecular weight excluding hydrogens is 264 g/mol. The van der Waals surface area contributed by atoms with E-state index in [0.29, 0.717) is 32.2 Å². The highest BCUT2D eigenvalue weighted by atomic mass is 19.2. The van der Waals surface area contributed by atoms with Gasteiger partial charge in [0.05, 0.1) is 0 Å². The SMILES string of the molecule is OCCCC1CCCN1c1c(F)c(F)nc(F)c1F. The van der Waals surface area contributed by atoms with E-state index in [1.54, 1.807) is 0 Å². The van der Waals surface area contributed by atoms with Gasteiger partial charge in [-0.25, -0.2) is 0 Å². The van der Waals surface area contributed by atoms with Gasteiger partial charge in [0.1, 0.15) is 5.69 Å². The van der Waals surface area contributed by atoms with Gasteiger partial charge in [-0.05, 0) is 25.7 Å². The summed E-state index contributed by atoms with van der Waals surface area (Å²) in [6.45, 7) is 0.293. The third kappa shape index (κ3) is 2.65. The highest BCUT2D eigenvalue weighted by Crippen LogP contribution is 2.33. The van der Waals surface area contributed by atoms with E-state index in [1.165, 1.54) is 4.90 Å². The van der Waals surface area contributed by atoms with Crippen LogP contribution in [-0.2, 0) is 0 Å². The Labute approximate surface area is 107 Å². The maximum absolute atomic E-state index is 13.7. The number of halogens is 4. The van der Waals surface area contributed by atoms with E-state index in [-0.39, 0.29) is 12.6 Å². The topological polar surface area (TPSA) is 36.4 Å². The van der Waals surface area contributed by atoms with Gasteiger partial charge in [0.2, 0.25) is 11.6 Å². The monoisotopic (exact) mass is 278 g/mol. The number of hydrogen-bond donors (Lipinski definition) is 1. The molecule has 1 aliphatic heterocycles. The summed E-state index contributed by atoms with van der Waals surface area (Å²) >= 11 is 0. The molecule has 1 saturated heterocycles. The quantitative estimate of drug-likeness (QED) is 0.678. The third-order valence-corrected chi connectivity index (χ3v) is 3.33. The Hall–Kier alpha value is -1.37. The second-order valence-corrected chi connectivity index (χ2v) is 4.53. The van der Waals surface area contributed by atoms with Crippen LogP contribution in [0.15, 0.2) is 0 Å². The lowest BCUT2D eigenvalue weighted by molar-refractivity contribution is 0.279. The van der Waals surface area contributed by atoms with Crippen molar-refractivity contribution in [2.45, 2.75) is 31.7 Å². The van der Waals surface area contributed by atoms with E-state index >= 15 is 0 Å². The Morgan fingerprint density at radius 1 is 1.16 bits per heavy atom. The zero-order chi connectivity index (χ0) is 14.0. The predicted octanol–water partition coefficient (Wildman–Crippen LogP) is 2.38. The van der Waals surface area contributed by atoms with Crippen molar-refractivity contribution in [2.24, 2.45) is 0 Å². The summed E-state index contributed by atoms with van der Waals surface area (Å²) in [5.41, 5.74) is -0.689. The summed E-state index contributed by atoms with van der Waals surface area (Å²) in [5.74, 6) is -6.20. The smallest absolute Gasteiger partial charge is 0.253 e. The van der Waals surface area contributed by atoms with Gasteiger partial charge in [0, 0.05) is 19.2 Å². The lowest BCUT2D eigenvalue weighted by Gasteiger charge is -2.27. The minimum atomic E-state index is -1.64. The maximum Gasteiger partial charge on any atom is 0.253 e. The zero-order valence-electron chi connectivity index (χ0n) is 10.2. The third-order valence-electron chi connectivity index (χ3n) is 3.33. The molecule has 2 heterocycles. The molecule has 7 heteroatoms. The molecule has 1 aromatic heterocycles. The molecule has 0 radical (unpaired) electrons. The number of aliphatic hydroxyl groups excluding tert-OH is 1. The van der Waals surface area contributed by atoms with Crippen LogP contribution >= 0.6 is 0 Å². The standard InChI is InChI=1S/C12H14F4N2O/c13-8-10(9(14)12(16)17-11(8)15)18-5-1-3-7(18)4-2-6-19/h7,19H,1-6H2. The normalized spacial score (nSPS) is 19.2. The van der Waals surface area contributed by atoms with Crippen molar-refractivity contribution in [1.82, 2.24) is 4.98 Å². The summed E-state index contributed by atoms with van der Waals surface area (Å²) < 4.78 is 53.5. The first-order valence-corrected chi connectivity index (χ1v) is 6.13. The number of anilines is 1. The van der Waals surface area contributed by atoms with Crippen LogP contribution in [0.3, 0.4) is 0 Å². The van der Waals surface area contributed by atoms with Crippen molar-refractivity contribution in [3.05, 3.63) is 23.5 Å². The second kappa shape index (κ2) is 5.73. The summed E-state index contributed by atoms with van der Waals surface area (Å²) in [7, 11) is 0. The Kier molecular flexibility index (Phi) is 4.24. The van der Waals surface area contributed by atoms with Crippen LogP contribution in [0.5, 0.6) is 0 Å². The van der Waals surface area contributed by atoms with Crippen molar-refractivity contribution in [1.29, 1.82) is 0 Å². The molecule has 0 amide bonds. The summed E-state index contributed by atoms with van der Waals surface area (Å²) in [6.07, 6.45) is 2.34. The molecule has 0 bridgehead atoms. The Morgan fingerprint density at radius 3 is 2.37 bits per heavy atom. The maximum atomic E-state index is 13.7. The molecular formula is C12H14F4N2O. The van der Waals surface area contributed by atoms with E-state index in [0.717, 1.165) is 0 Å². The molecule has 1 unspecified atom stereocenters. The van der Waals surface area contributed by atoms with Crippen LogP contribution in [-0.4, -0.2) is 29.3 Å². The summed E-state index contributed by atoms with van der Waals surface area (Å²) in [6, 6.07) is -0.225. The molecule has 2 rings (SSSR count). The molecule has 3 nitrogen and oxygen atoms in total. The molecule has 19 heavy (non-hydrogen) atoms. The lowest BCUT2D eigenvalue weighted by Crippen LogP contribution is -2.32. The molecule has 0 spiro atoms. The van der Waals surface area contributed by atoms with Crippen molar-refractivity contribution >= 4 is 5.69 Å². The van der Waals surface area contributed by atoms with Crippen LogP contribution in [0.4, 0.5) is 23.2 Å². The predicted molar refractivity (Wildman–Crippen MR) is 60.8 cm³/mol. The first-order chi connectivity index (χ1) is 9.06. The lowest BCUT2D eigenvalue weighted by atomic mass is 10.1. The van der Waals surface area contributed by atoms with Crippen molar-refractivity contribution < 1.29 is 22.7 Å². The number of hydrogen-bond acceptors (Lipinski definition) is 3. The molecule has 0 aromatic carbocycles. The van der Waals surface area contributed by atoms with Crippen LogP contribution in [0.1, 0.15) is 25.7 Å². The van der Waals surface area contributed by atoms with Gasteiger partial charge in [-0.3, -0.25) is 0 Å². The van der Waals surface area contributed by atoms with Gasteiger partial charge >= 0.3 is 0 Å². The largest absolute Gasteiger partial charge is 0.396 e. The molecule has 1 aliphatic rings. The van der Waals surface area contributed by atoms with Gasteiger partial charge in [0.15, 0.2) is 0 Å². The molecule has 1 N–H and O–H groups in total. The molecule has 106 valence electrons. The van der Waals surface area contributed by atoms with Gasteiger partial charge < -0.3 is 10.0 Å². The van der Waals surface area contributed by atoms with E-state index in [4.69, 9.17) is 5.11 Å². The minimum Gasteiger partial charge on any atom is -0.396 e. The number of aromatic nitrogens is 1. The first-order valence-electron chi connectivity index (χ1n) is 6.13. The van der Waals surface area contributed by atoms with E-state index in [2.05, 4.69) is 4.98 Å². The molecule has 1 aromatic rings. The van der Waals surface area contributed by atoms with Crippen LogP contribution in [0.25, 0.3) is 0 Å². The van der Waals surface area contributed by atoms with Crippen molar-refractivity contribution in [2.75, 3.05) is 18.1 Å². The fourth-order valence-corrected chi connectivity index (χ4v) is 2.49. The number of rotatable bonds is 4. The van der Waals surface area contributed by atoms with Crippen molar-refractivity contribution in [3.63, 3.8) is 0 Å². The van der Waals surface area contributed by atoms with Crippen molar-refractivity contribution in [3.8, 4) is 0 Å². The van der Waals surface area contributed by atoms with Crippen LogP contribution in [0.2, 0.25) is 0 Å². The van der Waals surface area contributed by atoms with E-state index in [9.17, 15) is 17.6 Å². The summed E-state index contributed by atoms with van der Waals surface area (Å²) in [4.78, 5) is 3.87. The minimum absolute atomic E-state index is 0.0334. The highest BCUT2D eigenvalue weighted by Gasteiger charge is 2.32. The average Bonchev–Trinajstić information content (AvgIpc) is 2.82. The second-order valence-electron chi connectivity index (χ2n) is 4.53. The Bertz CT molecular complexity index is 443. The number of aliphatic hydroxyl groups is 1. The van der Waals surface area contributed by atoms with Gasteiger partial charge in [-0.15, -0.1) is 0 Å². The molecule has 0 aliphatic carbocycles. The molecule has 1 atom stereocenters. The van der Waals surface area contributed by atoms with Gasteiger partial charge in [0.25, 0.3) is 11.9 Å². The Balaban J connectivity index is 2.35. The van der Waals surface area contributed by atoms with E-state index in [1.807, 2.05) is 0 Å². The fourth-order valence-electron chi connectivity index (χ4n) is 2.49. The molecule has 0 saturated carbocycles. The average molecular weight is 278 g/mol. The first kappa shape index (κ1) is 14.0. The summed E-state index contributed by atoms with van der Waals surface area (Å²) in [5, 5.41) is 8.78. The highest BCUT2D eigenvalue weighted by molar-refractivity contribution is 5.50.